The highest BCUT2D eigenvalue weighted by Crippen LogP contribution is 2.31. The quantitative estimate of drug-likeness (QED) is 0.848. The van der Waals surface area contributed by atoms with E-state index in [1.54, 1.807) is 21.3 Å². The van der Waals surface area contributed by atoms with Crippen molar-refractivity contribution in [2.45, 2.75) is 19.5 Å². The molecule has 2 aromatic rings. The Morgan fingerprint density at radius 2 is 1.58 bits per heavy atom. The molecule has 1 aliphatic rings. The lowest BCUT2D eigenvalue weighted by atomic mass is 9.98. The van der Waals surface area contributed by atoms with Crippen LogP contribution in [-0.4, -0.2) is 27.9 Å². The summed E-state index contributed by atoms with van der Waals surface area (Å²) in [5.74, 6) is 2.56. The largest absolute Gasteiger partial charge is 0.496 e. The Balaban J connectivity index is 1.81. The van der Waals surface area contributed by atoms with Crippen molar-refractivity contribution >= 4 is 15.9 Å². The molecule has 0 amide bonds. The van der Waals surface area contributed by atoms with Crippen molar-refractivity contribution in [1.82, 2.24) is 0 Å². The van der Waals surface area contributed by atoms with E-state index in [1.165, 1.54) is 21.6 Å². The predicted octanol–water partition coefficient (Wildman–Crippen LogP) is 2.62. The van der Waals surface area contributed by atoms with Gasteiger partial charge in [-0.15, -0.1) is 0 Å². The van der Waals surface area contributed by atoms with Crippen LogP contribution in [0.4, 0.5) is 0 Å². The Morgan fingerprint density at radius 1 is 0.917 bits per heavy atom. The molecular formula is C19H23BrNO3+. The Labute approximate surface area is 151 Å². The zero-order valence-corrected chi connectivity index (χ0v) is 15.9. The van der Waals surface area contributed by atoms with Crippen molar-refractivity contribution in [3.8, 4) is 17.2 Å². The van der Waals surface area contributed by atoms with E-state index in [4.69, 9.17) is 14.2 Å². The molecule has 0 aromatic heterocycles. The molecule has 0 spiro atoms. The molecule has 0 radical (unpaired) electrons. The van der Waals surface area contributed by atoms with Gasteiger partial charge in [0, 0.05) is 22.0 Å². The monoisotopic (exact) mass is 392 g/mol. The molecular weight excluding hydrogens is 370 g/mol. The number of fused-ring (bicyclic) bond motifs is 1. The number of halogens is 1. The van der Waals surface area contributed by atoms with Gasteiger partial charge in [0.2, 0.25) is 0 Å². The van der Waals surface area contributed by atoms with Crippen molar-refractivity contribution in [3.05, 3.63) is 51.5 Å². The third kappa shape index (κ3) is 3.52. The molecule has 0 saturated carbocycles. The molecule has 0 bridgehead atoms. The number of rotatable bonds is 5. The second-order valence-corrected chi connectivity index (χ2v) is 6.95. The summed E-state index contributed by atoms with van der Waals surface area (Å²) >= 11 is 3.56. The van der Waals surface area contributed by atoms with Crippen LogP contribution in [0.25, 0.3) is 0 Å². The summed E-state index contributed by atoms with van der Waals surface area (Å²) in [6.07, 6.45) is 1.04. The van der Waals surface area contributed by atoms with Gasteiger partial charge in [0.1, 0.15) is 18.8 Å². The van der Waals surface area contributed by atoms with Crippen molar-refractivity contribution in [1.29, 1.82) is 0 Å². The maximum Gasteiger partial charge on any atom is 0.161 e. The molecule has 4 nitrogen and oxygen atoms in total. The lowest BCUT2D eigenvalue weighted by Crippen LogP contribution is -3.10. The average molecular weight is 393 g/mol. The molecule has 24 heavy (non-hydrogen) atoms. The van der Waals surface area contributed by atoms with Crippen molar-refractivity contribution in [3.63, 3.8) is 0 Å². The number of hydrogen-bond acceptors (Lipinski definition) is 3. The summed E-state index contributed by atoms with van der Waals surface area (Å²) < 4.78 is 17.5. The SMILES string of the molecule is COc1ccc(Br)cc1C[NH+]1CCc2cc(OC)c(OC)cc2C1. The molecule has 1 atom stereocenters. The Hall–Kier alpha value is -1.72. The molecule has 1 N–H and O–H groups in total. The molecule has 0 fully saturated rings. The van der Waals surface area contributed by atoms with E-state index in [2.05, 4.69) is 34.1 Å². The first kappa shape index (κ1) is 17.1. The first-order valence-corrected chi connectivity index (χ1v) is 8.83. The van der Waals surface area contributed by atoms with Crippen LogP contribution in [0.2, 0.25) is 0 Å². The van der Waals surface area contributed by atoms with Gasteiger partial charge >= 0.3 is 0 Å². The minimum absolute atomic E-state index is 0.803. The summed E-state index contributed by atoms with van der Waals surface area (Å²) in [6.45, 7) is 3.01. The van der Waals surface area contributed by atoms with Gasteiger partial charge in [-0.2, -0.15) is 0 Å². The molecule has 1 unspecified atom stereocenters. The first-order valence-electron chi connectivity index (χ1n) is 8.04. The fraction of sp³-hybridized carbons (Fsp3) is 0.368. The summed E-state index contributed by atoms with van der Waals surface area (Å²) in [7, 11) is 5.10. The fourth-order valence-corrected chi connectivity index (χ4v) is 3.74. The van der Waals surface area contributed by atoms with E-state index in [1.807, 2.05) is 12.1 Å². The minimum Gasteiger partial charge on any atom is -0.496 e. The Kier molecular flexibility index (Phi) is 5.31. The Morgan fingerprint density at radius 3 is 2.25 bits per heavy atom. The summed E-state index contributed by atoms with van der Waals surface area (Å²) in [5, 5.41) is 0. The van der Waals surface area contributed by atoms with E-state index in [0.29, 0.717) is 0 Å². The predicted molar refractivity (Wildman–Crippen MR) is 97.2 cm³/mol. The second kappa shape index (κ2) is 7.45. The van der Waals surface area contributed by atoms with E-state index >= 15 is 0 Å². The third-order valence-electron chi connectivity index (χ3n) is 4.58. The molecule has 3 rings (SSSR count). The highest BCUT2D eigenvalue weighted by molar-refractivity contribution is 9.10. The molecule has 0 saturated heterocycles. The van der Waals surface area contributed by atoms with Crippen LogP contribution in [0.3, 0.4) is 0 Å². The van der Waals surface area contributed by atoms with Gasteiger partial charge < -0.3 is 19.1 Å². The smallest absolute Gasteiger partial charge is 0.161 e. The topological polar surface area (TPSA) is 32.1 Å². The third-order valence-corrected chi connectivity index (χ3v) is 5.07. The Bertz CT molecular complexity index is 733. The van der Waals surface area contributed by atoms with Gasteiger partial charge in [0.25, 0.3) is 0 Å². The van der Waals surface area contributed by atoms with E-state index < -0.39 is 0 Å². The zero-order chi connectivity index (χ0) is 17.1. The zero-order valence-electron chi connectivity index (χ0n) is 14.3. The van der Waals surface area contributed by atoms with Gasteiger partial charge in [-0.3, -0.25) is 0 Å². The number of nitrogens with one attached hydrogen (secondary N) is 1. The maximum atomic E-state index is 5.51. The van der Waals surface area contributed by atoms with Gasteiger partial charge in [-0.05, 0) is 35.9 Å². The molecule has 0 aliphatic carbocycles. The average Bonchev–Trinajstić information content (AvgIpc) is 2.60. The number of ether oxygens (including phenoxy) is 3. The summed E-state index contributed by atoms with van der Waals surface area (Å²) in [6, 6.07) is 10.4. The first-order chi connectivity index (χ1) is 11.6. The summed E-state index contributed by atoms with van der Waals surface area (Å²) in [4.78, 5) is 1.52. The summed E-state index contributed by atoms with van der Waals surface area (Å²) in [5.41, 5.74) is 3.92. The highest BCUT2D eigenvalue weighted by Gasteiger charge is 2.23. The van der Waals surface area contributed by atoms with Crippen LogP contribution >= 0.6 is 15.9 Å². The molecule has 2 aromatic carbocycles. The van der Waals surface area contributed by atoms with Gasteiger partial charge in [0.15, 0.2) is 11.5 Å². The lowest BCUT2D eigenvalue weighted by Gasteiger charge is -2.27. The molecule has 128 valence electrons. The molecule has 1 heterocycles. The van der Waals surface area contributed by atoms with Crippen LogP contribution in [0, 0.1) is 0 Å². The molecule has 5 heteroatoms. The highest BCUT2D eigenvalue weighted by atomic mass is 79.9. The van der Waals surface area contributed by atoms with Crippen LogP contribution in [0.1, 0.15) is 16.7 Å². The number of methoxy groups -OCH3 is 3. The molecule has 1 aliphatic heterocycles. The van der Waals surface area contributed by atoms with Crippen LogP contribution in [0.15, 0.2) is 34.8 Å². The van der Waals surface area contributed by atoms with Gasteiger partial charge in [-0.1, -0.05) is 15.9 Å². The number of quaternary nitrogens is 1. The van der Waals surface area contributed by atoms with Crippen molar-refractivity contribution in [2.24, 2.45) is 0 Å². The normalized spacial score (nSPS) is 16.4. The van der Waals surface area contributed by atoms with Crippen LogP contribution in [0.5, 0.6) is 17.2 Å². The van der Waals surface area contributed by atoms with E-state index in [9.17, 15) is 0 Å². The van der Waals surface area contributed by atoms with Crippen molar-refractivity contribution in [2.75, 3.05) is 27.9 Å². The lowest BCUT2D eigenvalue weighted by molar-refractivity contribution is -0.929. The van der Waals surface area contributed by atoms with Crippen LogP contribution in [-0.2, 0) is 19.5 Å². The number of hydrogen-bond donors (Lipinski definition) is 1. The van der Waals surface area contributed by atoms with E-state index in [-0.39, 0.29) is 0 Å². The van der Waals surface area contributed by atoms with E-state index in [0.717, 1.165) is 47.8 Å². The maximum absolute atomic E-state index is 5.51. The fourth-order valence-electron chi connectivity index (χ4n) is 3.34. The van der Waals surface area contributed by atoms with Gasteiger partial charge in [-0.25, -0.2) is 0 Å². The standard InChI is InChI=1S/C19H22BrNO3/c1-22-17-5-4-16(20)8-15(17)12-21-7-6-13-9-18(23-2)19(24-3)10-14(13)11-21/h4-5,8-10H,6-7,11-12H2,1-3H3/p+1. The van der Waals surface area contributed by atoms with Gasteiger partial charge in [0.05, 0.1) is 27.9 Å². The van der Waals surface area contributed by atoms with Crippen LogP contribution < -0.4 is 19.1 Å². The second-order valence-electron chi connectivity index (χ2n) is 6.04. The van der Waals surface area contributed by atoms with Crippen molar-refractivity contribution < 1.29 is 19.1 Å². The number of benzene rings is 2. The minimum atomic E-state index is 0.803.